The first-order chi connectivity index (χ1) is 19.6. The molecule has 0 aromatic heterocycles. The van der Waals surface area contributed by atoms with E-state index in [4.69, 9.17) is 15.9 Å². The number of hydrogen-bond acceptors (Lipinski definition) is 7. The summed E-state index contributed by atoms with van der Waals surface area (Å²) in [6, 6.07) is 4.46. The first kappa shape index (κ1) is 31.8. The van der Waals surface area contributed by atoms with Crippen molar-refractivity contribution in [2.45, 2.75) is 57.7 Å². The van der Waals surface area contributed by atoms with Gasteiger partial charge in [-0.25, -0.2) is 4.39 Å². The van der Waals surface area contributed by atoms with Gasteiger partial charge in [-0.2, -0.15) is 0 Å². The molecule has 13 heteroatoms. The lowest BCUT2D eigenvalue weighted by Crippen LogP contribution is -2.56. The van der Waals surface area contributed by atoms with E-state index in [9.17, 15) is 23.6 Å². The lowest BCUT2D eigenvalue weighted by Gasteiger charge is -2.31. The molecule has 3 amide bonds. The number of morpholine rings is 1. The lowest BCUT2D eigenvalue weighted by molar-refractivity contribution is -0.141. The number of nitrogens with two attached hydrogens (primary N) is 1. The van der Waals surface area contributed by atoms with Crippen LogP contribution in [-0.2, 0) is 19.1 Å². The monoisotopic (exact) mass is 575 g/mol. The van der Waals surface area contributed by atoms with Crippen molar-refractivity contribution < 1.29 is 28.3 Å². The Hall–Kier alpha value is -3.74. The number of anilines is 1. The lowest BCUT2D eigenvalue weighted by atomic mass is 10.0. The molecule has 226 valence electrons. The van der Waals surface area contributed by atoms with Crippen molar-refractivity contribution in [3.05, 3.63) is 29.8 Å². The van der Waals surface area contributed by atoms with Crippen LogP contribution >= 0.6 is 0 Å². The Bertz CT molecular complexity index is 1100. The van der Waals surface area contributed by atoms with Gasteiger partial charge in [-0.3, -0.25) is 24.6 Å². The zero-order chi connectivity index (χ0) is 29.9. The number of likely N-dealkylation sites (tertiary alicyclic amines) is 1. The Balaban J connectivity index is 1.66. The second kappa shape index (κ2) is 15.3. The summed E-state index contributed by atoms with van der Waals surface area (Å²) >= 11 is 0. The zero-order valence-corrected chi connectivity index (χ0v) is 23.8. The minimum absolute atomic E-state index is 0.156. The number of nitrogens with zero attached hydrogens (tertiary/aromatic N) is 2. The summed E-state index contributed by atoms with van der Waals surface area (Å²) in [4.78, 5) is 55.9. The average molecular weight is 576 g/mol. The fourth-order valence-electron chi connectivity index (χ4n) is 5.09. The number of rotatable bonds is 13. The highest BCUT2D eigenvalue weighted by molar-refractivity contribution is 5.99. The Morgan fingerprint density at radius 2 is 1.88 bits per heavy atom. The van der Waals surface area contributed by atoms with Gasteiger partial charge in [0.15, 0.2) is 11.7 Å². The summed E-state index contributed by atoms with van der Waals surface area (Å²) < 4.78 is 18.6. The maximum atomic E-state index is 13.7. The minimum Gasteiger partial charge on any atom is -0.378 e. The normalized spacial score (nSPS) is 18.5. The smallest absolute Gasteiger partial charge is 0.252 e. The molecule has 2 heterocycles. The number of amides is 3. The van der Waals surface area contributed by atoms with E-state index in [1.165, 1.54) is 4.90 Å². The molecule has 0 saturated carbocycles. The fourth-order valence-corrected chi connectivity index (χ4v) is 5.09. The van der Waals surface area contributed by atoms with Crippen molar-refractivity contribution in [1.29, 1.82) is 5.41 Å². The van der Waals surface area contributed by atoms with E-state index in [1.807, 2.05) is 19.9 Å². The van der Waals surface area contributed by atoms with Crippen LogP contribution in [-0.4, -0.2) is 98.6 Å². The molecule has 0 unspecified atom stereocenters. The molecule has 12 nitrogen and oxygen atoms in total. The standard InChI is InChI=1S/C28H42FN7O5/c1-18(2)24(34-25(38)19-6-3-7-20(16-19)35-12-14-41-15-13-35)27(40)36-11-5-9-22(36)26(39)33-21(23(37)17-29)8-4-10-32-28(30)31/h3,6-7,16,18,21-22,24H,4-5,8-15,17H2,1-2H3,(H,33,39)(H,34,38)(H4,30,31,32)/t21-,22-,24-/m0/s1. The van der Waals surface area contributed by atoms with Gasteiger partial charge in [0.25, 0.3) is 5.91 Å². The fraction of sp³-hybridized carbons (Fsp3) is 0.607. The molecule has 2 aliphatic heterocycles. The van der Waals surface area contributed by atoms with Gasteiger partial charge in [-0.1, -0.05) is 19.9 Å². The first-order valence-electron chi connectivity index (χ1n) is 14.1. The van der Waals surface area contributed by atoms with E-state index in [2.05, 4.69) is 20.9 Å². The second-order valence-electron chi connectivity index (χ2n) is 10.7. The third kappa shape index (κ3) is 8.87. The highest BCUT2D eigenvalue weighted by Crippen LogP contribution is 2.22. The Labute approximate surface area is 240 Å². The summed E-state index contributed by atoms with van der Waals surface area (Å²) in [5.41, 5.74) is 6.58. The number of ketones is 1. The van der Waals surface area contributed by atoms with E-state index < -0.39 is 36.5 Å². The Morgan fingerprint density at radius 1 is 1.15 bits per heavy atom. The quantitative estimate of drug-likeness (QED) is 0.129. The topological polar surface area (TPSA) is 170 Å². The van der Waals surface area contributed by atoms with Gasteiger partial charge in [0, 0.05) is 37.4 Å². The molecule has 0 bridgehead atoms. The molecule has 0 aliphatic carbocycles. The van der Waals surface area contributed by atoms with Gasteiger partial charge in [-0.05, 0) is 49.8 Å². The van der Waals surface area contributed by atoms with Crippen LogP contribution in [0.1, 0.15) is 49.9 Å². The van der Waals surface area contributed by atoms with Crippen LogP contribution in [0.4, 0.5) is 10.1 Å². The molecule has 1 aromatic carbocycles. The van der Waals surface area contributed by atoms with Crippen LogP contribution in [0.2, 0.25) is 0 Å². The van der Waals surface area contributed by atoms with Crippen molar-refractivity contribution in [3.63, 3.8) is 0 Å². The van der Waals surface area contributed by atoms with Crippen molar-refractivity contribution in [3.8, 4) is 0 Å². The molecular formula is C28H42FN7O5. The predicted octanol–water partition coefficient (Wildman–Crippen LogP) is 0.555. The van der Waals surface area contributed by atoms with E-state index in [0.717, 1.165) is 18.8 Å². The summed E-state index contributed by atoms with van der Waals surface area (Å²) in [7, 11) is 0. The summed E-state index contributed by atoms with van der Waals surface area (Å²) in [6.07, 6.45) is 1.50. The molecule has 3 rings (SSSR count). The van der Waals surface area contributed by atoms with E-state index >= 15 is 0 Å². The number of guanidine groups is 1. The number of halogens is 1. The number of carbonyl (C=O) groups is 4. The third-order valence-electron chi connectivity index (χ3n) is 7.36. The van der Waals surface area contributed by atoms with Crippen LogP contribution in [0.3, 0.4) is 0 Å². The van der Waals surface area contributed by atoms with Crippen LogP contribution in [0.15, 0.2) is 24.3 Å². The Morgan fingerprint density at radius 3 is 2.54 bits per heavy atom. The van der Waals surface area contributed by atoms with Gasteiger partial charge < -0.3 is 36.2 Å². The summed E-state index contributed by atoms with van der Waals surface area (Å²) in [5, 5.41) is 15.3. The molecule has 6 N–H and O–H groups in total. The highest BCUT2D eigenvalue weighted by atomic mass is 19.1. The number of carbonyl (C=O) groups excluding carboxylic acids is 4. The van der Waals surface area contributed by atoms with Crippen molar-refractivity contribution in [2.75, 3.05) is 51.0 Å². The highest BCUT2D eigenvalue weighted by Gasteiger charge is 2.39. The Kier molecular flexibility index (Phi) is 11.9. The number of ether oxygens (including phenoxy) is 1. The number of alkyl halides is 1. The van der Waals surface area contributed by atoms with Crippen LogP contribution < -0.4 is 26.6 Å². The van der Waals surface area contributed by atoms with Crippen molar-refractivity contribution in [2.24, 2.45) is 11.7 Å². The predicted molar refractivity (Wildman–Crippen MR) is 152 cm³/mol. The van der Waals surface area contributed by atoms with Gasteiger partial charge in [-0.15, -0.1) is 0 Å². The molecule has 0 radical (unpaired) electrons. The number of benzene rings is 1. The van der Waals surface area contributed by atoms with Crippen molar-refractivity contribution >= 4 is 35.2 Å². The first-order valence-corrected chi connectivity index (χ1v) is 14.1. The summed E-state index contributed by atoms with van der Waals surface area (Å²) in [6.45, 7) is 5.72. The SMILES string of the molecule is CC(C)[C@H](NC(=O)c1cccc(N2CCOCC2)c1)C(=O)N1CCC[C@H]1C(=O)N[C@@H](CCCNC(=N)N)C(=O)CF. The van der Waals surface area contributed by atoms with Gasteiger partial charge >= 0.3 is 0 Å². The summed E-state index contributed by atoms with van der Waals surface area (Å²) in [5.74, 6) is -2.54. The number of Topliss-reactive ketones (excluding diaryl/α,β-unsaturated/α-hetero) is 1. The van der Waals surface area contributed by atoms with Crippen LogP contribution in [0, 0.1) is 11.3 Å². The van der Waals surface area contributed by atoms with Gasteiger partial charge in [0.05, 0.1) is 19.3 Å². The molecule has 1 aromatic rings. The van der Waals surface area contributed by atoms with Crippen molar-refractivity contribution in [1.82, 2.24) is 20.9 Å². The van der Waals surface area contributed by atoms with E-state index in [-0.39, 0.29) is 30.1 Å². The maximum absolute atomic E-state index is 13.7. The molecule has 41 heavy (non-hydrogen) atoms. The molecule has 3 atom stereocenters. The second-order valence-corrected chi connectivity index (χ2v) is 10.7. The largest absolute Gasteiger partial charge is 0.378 e. The van der Waals surface area contributed by atoms with Gasteiger partial charge in [0.1, 0.15) is 18.8 Å². The molecule has 2 saturated heterocycles. The molecule has 0 spiro atoms. The number of hydrogen-bond donors (Lipinski definition) is 5. The maximum Gasteiger partial charge on any atom is 0.252 e. The minimum atomic E-state index is -1.23. The molecule has 2 aliphatic rings. The van der Waals surface area contributed by atoms with E-state index in [1.54, 1.807) is 18.2 Å². The average Bonchev–Trinajstić information content (AvgIpc) is 3.47. The van der Waals surface area contributed by atoms with Crippen LogP contribution in [0.25, 0.3) is 0 Å². The molecular weight excluding hydrogens is 533 g/mol. The zero-order valence-electron chi connectivity index (χ0n) is 23.8. The van der Waals surface area contributed by atoms with Gasteiger partial charge in [0.2, 0.25) is 11.8 Å². The number of nitrogens with one attached hydrogen (secondary N) is 4. The van der Waals surface area contributed by atoms with Crippen LogP contribution in [0.5, 0.6) is 0 Å². The van der Waals surface area contributed by atoms with E-state index in [0.29, 0.717) is 51.1 Å². The molecule has 2 fully saturated rings. The third-order valence-corrected chi connectivity index (χ3v) is 7.36.